The lowest BCUT2D eigenvalue weighted by Gasteiger charge is -2.15. The van der Waals surface area contributed by atoms with Crippen LogP contribution in [0.3, 0.4) is 0 Å². The topological polar surface area (TPSA) is 72.8 Å². The van der Waals surface area contributed by atoms with Gasteiger partial charge in [-0.15, -0.1) is 0 Å². The zero-order chi connectivity index (χ0) is 66.1. The molecule has 0 amide bonds. The van der Waals surface area contributed by atoms with Gasteiger partial charge in [-0.1, -0.05) is 399 Å². The van der Waals surface area contributed by atoms with E-state index in [-0.39, 0.29) is 25.2 Å². The fourth-order valence-electron chi connectivity index (χ4n) is 11.8. The number of carbonyl (C=O) groups is 2. The van der Waals surface area contributed by atoms with E-state index >= 15 is 0 Å². The highest BCUT2D eigenvalue weighted by atomic mass is 16.6. The Morgan fingerprint density at radius 2 is 0.467 bits per heavy atom. The van der Waals surface area contributed by atoms with Crippen molar-refractivity contribution in [3.63, 3.8) is 0 Å². The van der Waals surface area contributed by atoms with E-state index in [9.17, 15) is 14.7 Å². The van der Waals surface area contributed by atoms with E-state index < -0.39 is 6.10 Å². The summed E-state index contributed by atoms with van der Waals surface area (Å²) in [5.41, 5.74) is 0. The second kappa shape index (κ2) is 81.5. The summed E-state index contributed by atoms with van der Waals surface area (Å²) in [5.74, 6) is -0.573. The van der Waals surface area contributed by atoms with E-state index in [0.717, 1.165) is 96.3 Å². The fourth-order valence-corrected chi connectivity index (χ4v) is 11.8. The van der Waals surface area contributed by atoms with Crippen molar-refractivity contribution in [3.8, 4) is 0 Å². The number of rotatable bonds is 74. The number of hydrogen-bond donors (Lipinski definition) is 1. The summed E-state index contributed by atoms with van der Waals surface area (Å²) in [6.45, 7) is 4.06. The molecule has 0 heterocycles. The Hall–Kier alpha value is -3.70. The van der Waals surface area contributed by atoms with Crippen LogP contribution in [0.5, 0.6) is 0 Å². The second-order valence-corrected chi connectivity index (χ2v) is 26.8. The predicted molar refractivity (Wildman–Crippen MR) is 408 cm³/mol. The quantitative estimate of drug-likeness (QED) is 0.0373. The third kappa shape index (κ3) is 78.7. The Bertz CT molecular complexity index is 1790. The van der Waals surface area contributed by atoms with Crippen molar-refractivity contribution in [2.45, 2.75) is 405 Å². The summed E-state index contributed by atoms with van der Waals surface area (Å²) in [6.07, 6.45) is 120. The highest BCUT2D eigenvalue weighted by Crippen LogP contribution is 2.19. The van der Waals surface area contributed by atoms with Crippen molar-refractivity contribution in [2.24, 2.45) is 0 Å². The molecule has 0 fully saturated rings. The maximum atomic E-state index is 12.4. The number of esters is 2. The van der Waals surface area contributed by atoms with Gasteiger partial charge >= 0.3 is 11.9 Å². The van der Waals surface area contributed by atoms with Crippen molar-refractivity contribution in [2.75, 3.05) is 13.2 Å². The van der Waals surface area contributed by atoms with Crippen molar-refractivity contribution >= 4 is 11.9 Å². The van der Waals surface area contributed by atoms with Gasteiger partial charge in [0.15, 0.2) is 6.10 Å². The molecule has 0 aliphatic carbocycles. The van der Waals surface area contributed by atoms with E-state index in [4.69, 9.17) is 9.47 Å². The molecule has 0 aliphatic rings. The average molecular weight is 1280 g/mol. The number of carbonyl (C=O) groups excluding carboxylic acids is 2. The molecule has 0 bridgehead atoms. The van der Waals surface area contributed by atoms with Crippen LogP contribution in [0, 0.1) is 0 Å². The first-order valence-electron chi connectivity index (χ1n) is 40.1. The molecule has 0 aromatic heterocycles. The van der Waals surface area contributed by atoms with Gasteiger partial charge in [0.2, 0.25) is 0 Å². The van der Waals surface area contributed by atoms with E-state index in [1.165, 1.54) is 276 Å². The molecule has 92 heavy (non-hydrogen) atoms. The fraction of sp³-hybridized carbons (Fsp3) is 0.747. The SMILES string of the molecule is CC/C=C\C/C=C\C/C=C\C/C=C\C/C=C\C/C=C\C/C=C\CCCCCCCCCCCCCCCCCCCCCC(=O)OC(CO)COC(=O)CCCCCCCCCCCCCCCCCCCCCCCC/C=C\C/C=C\C/C=C\CCCCCCC. The predicted octanol–water partition coefficient (Wildman–Crippen LogP) is 28.4. The molecule has 5 heteroatoms. The minimum Gasteiger partial charge on any atom is -0.462 e. The summed E-state index contributed by atoms with van der Waals surface area (Å²) in [5, 5.41) is 9.73. The number of unbranched alkanes of at least 4 members (excludes halogenated alkanes) is 46. The highest BCUT2D eigenvalue weighted by molar-refractivity contribution is 5.70. The molecule has 0 spiro atoms. The van der Waals surface area contributed by atoms with E-state index in [2.05, 4.69) is 135 Å². The maximum absolute atomic E-state index is 12.4. The number of ether oxygens (including phenoxy) is 2. The van der Waals surface area contributed by atoms with Crippen molar-refractivity contribution < 1.29 is 24.2 Å². The molecule has 530 valence electrons. The summed E-state index contributed by atoms with van der Waals surface area (Å²) in [4.78, 5) is 24.7. The Morgan fingerprint density at radius 3 is 0.707 bits per heavy atom. The second-order valence-electron chi connectivity index (χ2n) is 26.8. The lowest BCUT2D eigenvalue weighted by Crippen LogP contribution is -2.28. The summed E-state index contributed by atoms with van der Waals surface area (Å²) in [7, 11) is 0. The van der Waals surface area contributed by atoms with Gasteiger partial charge in [0.05, 0.1) is 6.61 Å². The molecule has 0 aromatic carbocycles. The molecule has 0 aliphatic heterocycles. The molecule has 0 rings (SSSR count). The van der Waals surface area contributed by atoms with Crippen LogP contribution < -0.4 is 0 Å². The number of allylic oxidation sites excluding steroid dienone is 20. The monoisotopic (exact) mass is 1280 g/mol. The molecule has 1 atom stereocenters. The standard InChI is InChI=1S/C87H152O5/c1-3-5-7-9-11-13-15-17-19-21-23-25-27-29-31-33-35-37-39-41-42-43-44-46-48-50-52-54-56-58-60-62-64-66-68-70-72-74-76-78-80-82-87(90)92-85(83-88)84-91-86(89)81-79-77-75-73-71-69-67-65-63-61-59-57-55-53-51-49-47-45-40-38-36-34-32-30-28-26-24-22-20-18-16-14-12-10-8-6-4-2/h5,7,11,13,16-19,22-25,28-31,35,37,41-42,85,88H,3-4,6,8-10,12,14-15,20-21,26-27,32-34,36,38-40,43-84H2,1-2H3/b7-5-,13-11-,18-16-,19-17-,24-22-,25-23-,30-28-,31-29-,37-35-,42-41-. The molecule has 0 aromatic rings. The van der Waals surface area contributed by atoms with Crippen LogP contribution in [-0.2, 0) is 19.1 Å². The van der Waals surface area contributed by atoms with Gasteiger partial charge in [0, 0.05) is 12.8 Å². The Kier molecular flexibility index (Phi) is 78.3. The van der Waals surface area contributed by atoms with Crippen LogP contribution in [0.4, 0.5) is 0 Å². The lowest BCUT2D eigenvalue weighted by molar-refractivity contribution is -0.161. The Morgan fingerprint density at radius 1 is 0.261 bits per heavy atom. The van der Waals surface area contributed by atoms with Crippen LogP contribution in [-0.4, -0.2) is 36.4 Å². The molecule has 5 nitrogen and oxygen atoms in total. The van der Waals surface area contributed by atoms with Crippen LogP contribution in [0.15, 0.2) is 122 Å². The number of hydrogen-bond acceptors (Lipinski definition) is 5. The van der Waals surface area contributed by atoms with Crippen LogP contribution in [0.1, 0.15) is 399 Å². The van der Waals surface area contributed by atoms with Gasteiger partial charge in [-0.05, 0) is 109 Å². The summed E-state index contributed by atoms with van der Waals surface area (Å²) < 4.78 is 10.8. The minimum atomic E-state index is -0.776. The van der Waals surface area contributed by atoms with Gasteiger partial charge in [-0.3, -0.25) is 9.59 Å². The zero-order valence-electron chi connectivity index (χ0n) is 61.0. The average Bonchev–Trinajstić information content (AvgIpc) is 3.64. The molecule has 0 saturated heterocycles. The summed E-state index contributed by atoms with van der Waals surface area (Å²) >= 11 is 0. The third-order valence-electron chi connectivity index (χ3n) is 17.7. The van der Waals surface area contributed by atoms with E-state index in [0.29, 0.717) is 12.8 Å². The largest absolute Gasteiger partial charge is 0.462 e. The van der Waals surface area contributed by atoms with Gasteiger partial charge < -0.3 is 14.6 Å². The highest BCUT2D eigenvalue weighted by Gasteiger charge is 2.16. The third-order valence-corrected chi connectivity index (χ3v) is 17.7. The molecule has 0 radical (unpaired) electrons. The molecular weight excluding hydrogens is 1120 g/mol. The summed E-state index contributed by atoms with van der Waals surface area (Å²) in [6, 6.07) is 0. The van der Waals surface area contributed by atoms with E-state index in [1.54, 1.807) is 0 Å². The maximum Gasteiger partial charge on any atom is 0.306 e. The molecule has 1 unspecified atom stereocenters. The van der Waals surface area contributed by atoms with E-state index in [1.807, 2.05) is 0 Å². The zero-order valence-corrected chi connectivity index (χ0v) is 61.0. The first kappa shape index (κ1) is 88.3. The first-order chi connectivity index (χ1) is 45.6. The Balaban J connectivity index is 3.42. The smallest absolute Gasteiger partial charge is 0.306 e. The molecule has 1 N–H and O–H groups in total. The first-order valence-corrected chi connectivity index (χ1v) is 40.1. The minimum absolute atomic E-state index is 0.0642. The van der Waals surface area contributed by atoms with Gasteiger partial charge in [-0.25, -0.2) is 0 Å². The number of aliphatic hydroxyl groups excluding tert-OH is 1. The normalized spacial score (nSPS) is 12.9. The van der Waals surface area contributed by atoms with Crippen molar-refractivity contribution in [3.05, 3.63) is 122 Å². The van der Waals surface area contributed by atoms with Gasteiger partial charge in [0.1, 0.15) is 6.61 Å². The molecule has 0 saturated carbocycles. The van der Waals surface area contributed by atoms with Crippen LogP contribution in [0.25, 0.3) is 0 Å². The molecular formula is C87H152O5. The van der Waals surface area contributed by atoms with Crippen LogP contribution >= 0.6 is 0 Å². The lowest BCUT2D eigenvalue weighted by atomic mass is 10.0. The Labute approximate surface area is 573 Å². The van der Waals surface area contributed by atoms with Crippen molar-refractivity contribution in [1.29, 1.82) is 0 Å². The van der Waals surface area contributed by atoms with Gasteiger partial charge in [-0.2, -0.15) is 0 Å². The van der Waals surface area contributed by atoms with Gasteiger partial charge in [0.25, 0.3) is 0 Å². The van der Waals surface area contributed by atoms with Crippen LogP contribution in [0.2, 0.25) is 0 Å². The number of aliphatic hydroxyl groups is 1. The van der Waals surface area contributed by atoms with Crippen molar-refractivity contribution in [1.82, 2.24) is 0 Å².